The van der Waals surface area contributed by atoms with E-state index in [1.165, 1.54) is 43.1 Å². The van der Waals surface area contributed by atoms with Gasteiger partial charge in [0.25, 0.3) is 0 Å². The van der Waals surface area contributed by atoms with Gasteiger partial charge in [-0.2, -0.15) is 11.8 Å². The maximum Gasteiger partial charge on any atom is 0.0108 e. The fourth-order valence-electron chi connectivity index (χ4n) is 2.65. The molecule has 0 radical (unpaired) electrons. The van der Waals surface area contributed by atoms with Crippen LogP contribution in [0.2, 0.25) is 0 Å². The Bertz CT molecular complexity index is 384. The van der Waals surface area contributed by atoms with Crippen molar-refractivity contribution in [1.29, 1.82) is 0 Å². The fourth-order valence-corrected chi connectivity index (χ4v) is 3.51. The van der Waals surface area contributed by atoms with Gasteiger partial charge < -0.3 is 10.2 Å². The van der Waals surface area contributed by atoms with E-state index in [4.69, 9.17) is 0 Å². The molecule has 0 bridgehead atoms. The third-order valence-corrected chi connectivity index (χ3v) is 5.26. The number of benzene rings is 1. The second-order valence-electron chi connectivity index (χ2n) is 5.32. The van der Waals surface area contributed by atoms with E-state index in [9.17, 15) is 0 Å². The Morgan fingerprint density at radius 3 is 2.78 bits per heavy atom. The maximum absolute atomic E-state index is 3.41. The summed E-state index contributed by atoms with van der Waals surface area (Å²) in [7, 11) is 0. The predicted molar refractivity (Wildman–Crippen MR) is 79.5 cm³/mol. The van der Waals surface area contributed by atoms with E-state index in [-0.39, 0.29) is 0 Å². The Balaban J connectivity index is 1.54. The topological polar surface area (TPSA) is 15.3 Å². The lowest BCUT2D eigenvalue weighted by atomic mass is 9.99. The zero-order valence-electron chi connectivity index (χ0n) is 10.9. The van der Waals surface area contributed by atoms with Crippen LogP contribution in [0.25, 0.3) is 0 Å². The van der Waals surface area contributed by atoms with Crippen molar-refractivity contribution >= 4 is 11.8 Å². The molecule has 2 aliphatic heterocycles. The van der Waals surface area contributed by atoms with Crippen molar-refractivity contribution in [3.63, 3.8) is 0 Å². The van der Waals surface area contributed by atoms with Crippen LogP contribution in [0.3, 0.4) is 0 Å². The third-order valence-electron chi connectivity index (χ3n) is 3.99. The first-order valence-electron chi connectivity index (χ1n) is 7.01. The third kappa shape index (κ3) is 3.08. The molecule has 1 aromatic carbocycles. The molecule has 0 saturated carbocycles. The van der Waals surface area contributed by atoms with E-state index < -0.39 is 0 Å². The smallest absolute Gasteiger partial charge is 0.0108 e. The molecule has 18 heavy (non-hydrogen) atoms. The molecular formula is C15H22N2S. The summed E-state index contributed by atoms with van der Waals surface area (Å²) in [6.07, 6.45) is 1.20. The SMILES string of the molecule is c1cc(CCN2CCNCC2)cc(C2CSC2)c1. The summed E-state index contributed by atoms with van der Waals surface area (Å²) in [5, 5.41) is 3.41. The lowest BCUT2D eigenvalue weighted by Gasteiger charge is -2.28. The number of hydrogen-bond acceptors (Lipinski definition) is 3. The first-order chi connectivity index (χ1) is 8.92. The quantitative estimate of drug-likeness (QED) is 0.893. The molecule has 0 spiro atoms. The van der Waals surface area contributed by atoms with Gasteiger partial charge in [-0.15, -0.1) is 0 Å². The van der Waals surface area contributed by atoms with Crippen LogP contribution in [-0.2, 0) is 6.42 Å². The molecule has 0 aromatic heterocycles. The fraction of sp³-hybridized carbons (Fsp3) is 0.600. The molecule has 0 aliphatic carbocycles. The minimum atomic E-state index is 0.828. The summed E-state index contributed by atoms with van der Waals surface area (Å²) < 4.78 is 0. The van der Waals surface area contributed by atoms with E-state index >= 15 is 0 Å². The standard InChI is InChI=1S/C15H22N2S/c1-2-13(4-7-17-8-5-16-6-9-17)10-14(3-1)15-11-18-12-15/h1-3,10,15-16H,4-9,11-12H2. The number of hydrogen-bond donors (Lipinski definition) is 1. The number of rotatable bonds is 4. The van der Waals surface area contributed by atoms with E-state index in [1.807, 2.05) is 0 Å². The molecule has 0 amide bonds. The Labute approximate surface area is 114 Å². The van der Waals surface area contributed by atoms with E-state index in [1.54, 1.807) is 5.56 Å². The van der Waals surface area contributed by atoms with Crippen LogP contribution in [0.5, 0.6) is 0 Å². The number of nitrogens with zero attached hydrogens (tertiary/aromatic N) is 1. The van der Waals surface area contributed by atoms with Crippen molar-refractivity contribution < 1.29 is 0 Å². The van der Waals surface area contributed by atoms with Crippen LogP contribution >= 0.6 is 11.8 Å². The second-order valence-corrected chi connectivity index (χ2v) is 6.40. The monoisotopic (exact) mass is 262 g/mol. The summed E-state index contributed by atoms with van der Waals surface area (Å²) in [5.74, 6) is 3.47. The largest absolute Gasteiger partial charge is 0.314 e. The molecule has 2 nitrogen and oxygen atoms in total. The van der Waals surface area contributed by atoms with Gasteiger partial charge in [0.15, 0.2) is 0 Å². The zero-order valence-corrected chi connectivity index (χ0v) is 11.7. The van der Waals surface area contributed by atoms with Crippen molar-refractivity contribution in [3.05, 3.63) is 35.4 Å². The molecule has 98 valence electrons. The predicted octanol–water partition coefficient (Wildman–Crippen LogP) is 1.96. The highest BCUT2D eigenvalue weighted by Crippen LogP contribution is 2.34. The van der Waals surface area contributed by atoms with Gasteiger partial charge in [0.1, 0.15) is 0 Å². The van der Waals surface area contributed by atoms with Crippen LogP contribution < -0.4 is 5.32 Å². The van der Waals surface area contributed by atoms with Crippen molar-refractivity contribution in [2.24, 2.45) is 0 Å². The van der Waals surface area contributed by atoms with Crippen LogP contribution in [-0.4, -0.2) is 49.1 Å². The normalized spacial score (nSPS) is 21.8. The Morgan fingerprint density at radius 2 is 2.06 bits per heavy atom. The molecule has 1 N–H and O–H groups in total. The first kappa shape index (κ1) is 12.5. The van der Waals surface area contributed by atoms with Gasteiger partial charge in [0.2, 0.25) is 0 Å². The van der Waals surface area contributed by atoms with E-state index in [2.05, 4.69) is 46.2 Å². The van der Waals surface area contributed by atoms with Crippen molar-refractivity contribution in [3.8, 4) is 0 Å². The summed E-state index contributed by atoms with van der Waals surface area (Å²) in [5.41, 5.74) is 3.08. The van der Waals surface area contributed by atoms with Gasteiger partial charge in [-0.1, -0.05) is 24.3 Å². The summed E-state index contributed by atoms with van der Waals surface area (Å²) in [6.45, 7) is 5.93. The molecule has 2 heterocycles. The van der Waals surface area contributed by atoms with Gasteiger partial charge in [0, 0.05) is 50.1 Å². The molecule has 2 aliphatic rings. The maximum atomic E-state index is 3.41. The molecule has 1 aromatic rings. The van der Waals surface area contributed by atoms with Gasteiger partial charge in [0.05, 0.1) is 0 Å². The molecule has 2 fully saturated rings. The molecule has 3 rings (SSSR count). The summed E-state index contributed by atoms with van der Waals surface area (Å²) in [6, 6.07) is 9.27. The molecule has 0 atom stereocenters. The van der Waals surface area contributed by atoms with Gasteiger partial charge in [-0.25, -0.2) is 0 Å². The molecule has 3 heteroatoms. The highest BCUT2D eigenvalue weighted by Gasteiger charge is 2.20. The van der Waals surface area contributed by atoms with E-state index in [0.29, 0.717) is 0 Å². The Hall–Kier alpha value is -0.510. The average molecular weight is 262 g/mol. The van der Waals surface area contributed by atoms with Gasteiger partial charge >= 0.3 is 0 Å². The average Bonchev–Trinajstić information content (AvgIpc) is 2.36. The molecule has 2 saturated heterocycles. The van der Waals surface area contributed by atoms with Gasteiger partial charge in [-0.3, -0.25) is 0 Å². The minimum absolute atomic E-state index is 0.828. The highest BCUT2D eigenvalue weighted by molar-refractivity contribution is 8.00. The van der Waals surface area contributed by atoms with Gasteiger partial charge in [-0.05, 0) is 17.5 Å². The van der Waals surface area contributed by atoms with Crippen LogP contribution in [0.4, 0.5) is 0 Å². The van der Waals surface area contributed by atoms with E-state index in [0.717, 1.165) is 19.0 Å². The summed E-state index contributed by atoms with van der Waals surface area (Å²) >= 11 is 2.07. The highest BCUT2D eigenvalue weighted by atomic mass is 32.2. The van der Waals surface area contributed by atoms with Crippen molar-refractivity contribution in [1.82, 2.24) is 10.2 Å². The number of nitrogens with one attached hydrogen (secondary N) is 1. The summed E-state index contributed by atoms with van der Waals surface area (Å²) in [4.78, 5) is 2.57. The minimum Gasteiger partial charge on any atom is -0.314 e. The lowest BCUT2D eigenvalue weighted by molar-refractivity contribution is 0.244. The van der Waals surface area contributed by atoms with Crippen LogP contribution in [0.15, 0.2) is 24.3 Å². The Kier molecular flexibility index (Phi) is 4.24. The number of thioether (sulfide) groups is 1. The molecular weight excluding hydrogens is 240 g/mol. The van der Waals surface area contributed by atoms with Crippen molar-refractivity contribution in [2.45, 2.75) is 12.3 Å². The Morgan fingerprint density at radius 1 is 1.22 bits per heavy atom. The molecule has 0 unspecified atom stereocenters. The lowest BCUT2D eigenvalue weighted by Crippen LogP contribution is -2.44. The van der Waals surface area contributed by atoms with Crippen LogP contribution in [0, 0.1) is 0 Å². The van der Waals surface area contributed by atoms with Crippen LogP contribution in [0.1, 0.15) is 17.0 Å². The van der Waals surface area contributed by atoms with Crippen molar-refractivity contribution in [2.75, 3.05) is 44.2 Å². The number of piperazine rings is 1. The zero-order chi connectivity index (χ0) is 12.2. The first-order valence-corrected chi connectivity index (χ1v) is 8.17. The second kappa shape index (κ2) is 6.09.